The molecule has 0 aliphatic heterocycles. The number of rotatable bonds is 4. The molecule has 4 nitrogen and oxygen atoms in total. The van der Waals surface area contributed by atoms with Gasteiger partial charge >= 0.3 is 5.97 Å². The summed E-state index contributed by atoms with van der Waals surface area (Å²) in [6.45, 7) is 0.128. The molecular weight excluding hydrogens is 319 g/mol. The minimum absolute atomic E-state index is 0.128. The molecule has 1 atom stereocenters. The number of carbonyl (C=O) groups excluding carboxylic acids is 1. The van der Waals surface area contributed by atoms with Crippen LogP contribution in [0.2, 0.25) is 0 Å². The van der Waals surface area contributed by atoms with Crippen molar-refractivity contribution in [2.75, 3.05) is 0 Å². The van der Waals surface area contributed by atoms with Crippen LogP contribution in [0.5, 0.6) is 0 Å². The van der Waals surface area contributed by atoms with Crippen molar-refractivity contribution in [2.45, 2.75) is 17.4 Å². The second-order valence-corrected chi connectivity index (χ2v) is 6.88. The molecule has 1 aliphatic carbocycles. The summed E-state index contributed by atoms with van der Waals surface area (Å²) in [5, 5.41) is 2.64. The molecule has 0 aromatic carbocycles. The van der Waals surface area contributed by atoms with Crippen molar-refractivity contribution in [3.05, 3.63) is 35.5 Å². The first kappa shape index (κ1) is 13.8. The third kappa shape index (κ3) is 2.95. The van der Waals surface area contributed by atoms with Crippen molar-refractivity contribution in [2.24, 2.45) is 5.92 Å². The van der Waals surface area contributed by atoms with Crippen LogP contribution in [0, 0.1) is 5.92 Å². The summed E-state index contributed by atoms with van der Waals surface area (Å²) >= 11 is 13.1. The van der Waals surface area contributed by atoms with Gasteiger partial charge in [-0.15, -0.1) is 34.5 Å². The SMILES string of the molecule is O=C(OCc1csc(-c2ccccn2)n1)C1CC1(Cl)Cl. The summed E-state index contributed by atoms with van der Waals surface area (Å²) in [5.41, 5.74) is 1.50. The quantitative estimate of drug-likeness (QED) is 0.637. The lowest BCUT2D eigenvalue weighted by Gasteiger charge is -2.02. The van der Waals surface area contributed by atoms with E-state index >= 15 is 0 Å². The highest BCUT2D eigenvalue weighted by Gasteiger charge is 2.57. The fourth-order valence-corrected chi connectivity index (χ4v) is 2.96. The summed E-state index contributed by atoms with van der Waals surface area (Å²) in [7, 11) is 0. The number of nitrogens with zero attached hydrogens (tertiary/aromatic N) is 2. The van der Waals surface area contributed by atoms with E-state index in [4.69, 9.17) is 27.9 Å². The van der Waals surface area contributed by atoms with E-state index in [2.05, 4.69) is 9.97 Å². The first-order valence-electron chi connectivity index (χ1n) is 5.96. The second-order valence-electron chi connectivity index (χ2n) is 4.48. The van der Waals surface area contributed by atoms with Gasteiger partial charge in [0, 0.05) is 11.6 Å². The molecule has 2 heterocycles. The van der Waals surface area contributed by atoms with E-state index in [0.717, 1.165) is 10.7 Å². The molecule has 0 amide bonds. The molecule has 7 heteroatoms. The van der Waals surface area contributed by atoms with Gasteiger partial charge in [-0.3, -0.25) is 9.78 Å². The maximum Gasteiger partial charge on any atom is 0.312 e. The molecule has 20 heavy (non-hydrogen) atoms. The van der Waals surface area contributed by atoms with E-state index in [-0.39, 0.29) is 12.6 Å². The number of hydrogen-bond donors (Lipinski definition) is 0. The van der Waals surface area contributed by atoms with Crippen LogP contribution in [-0.4, -0.2) is 20.3 Å². The smallest absolute Gasteiger partial charge is 0.312 e. The number of alkyl halides is 2. The average Bonchev–Trinajstić information content (AvgIpc) is 2.89. The number of carbonyl (C=O) groups is 1. The largest absolute Gasteiger partial charge is 0.459 e. The lowest BCUT2D eigenvalue weighted by atomic mass is 10.4. The van der Waals surface area contributed by atoms with Crippen LogP contribution < -0.4 is 0 Å². The van der Waals surface area contributed by atoms with Gasteiger partial charge in [0.05, 0.1) is 17.3 Å². The molecular formula is C13H10Cl2N2O2S. The van der Waals surface area contributed by atoms with Crippen molar-refractivity contribution in [1.29, 1.82) is 0 Å². The summed E-state index contributed by atoms with van der Waals surface area (Å²) in [4.78, 5) is 20.2. The van der Waals surface area contributed by atoms with Gasteiger partial charge in [-0.2, -0.15) is 0 Å². The summed E-state index contributed by atoms with van der Waals surface area (Å²) < 4.78 is 4.21. The molecule has 0 radical (unpaired) electrons. The van der Waals surface area contributed by atoms with Gasteiger partial charge in [-0.05, 0) is 18.6 Å². The molecule has 3 rings (SSSR count). The van der Waals surface area contributed by atoms with Gasteiger partial charge in [0.15, 0.2) is 0 Å². The Bertz CT molecular complexity index is 630. The van der Waals surface area contributed by atoms with Crippen molar-refractivity contribution in [1.82, 2.24) is 9.97 Å². The predicted octanol–water partition coefficient (Wildman–Crippen LogP) is 3.44. The Morgan fingerprint density at radius 1 is 1.50 bits per heavy atom. The van der Waals surface area contributed by atoms with Crippen LogP contribution in [0.4, 0.5) is 0 Å². The average molecular weight is 329 g/mol. The second kappa shape index (κ2) is 5.31. The van der Waals surface area contributed by atoms with Crippen molar-refractivity contribution >= 4 is 40.5 Å². The Morgan fingerprint density at radius 3 is 2.95 bits per heavy atom. The highest BCUT2D eigenvalue weighted by Crippen LogP contribution is 2.53. The summed E-state index contributed by atoms with van der Waals surface area (Å²) in [6.07, 6.45) is 2.16. The summed E-state index contributed by atoms with van der Waals surface area (Å²) in [5.74, 6) is -0.790. The standard InChI is InChI=1S/C13H10Cl2N2O2S/c14-13(15)5-9(13)12(18)19-6-8-7-20-11(17-8)10-3-1-2-4-16-10/h1-4,7,9H,5-6H2. The Labute approximate surface area is 129 Å². The molecule has 0 spiro atoms. The molecule has 0 saturated heterocycles. The van der Waals surface area contributed by atoms with Gasteiger partial charge < -0.3 is 4.74 Å². The molecule has 1 aliphatic rings. The number of pyridine rings is 1. The zero-order valence-corrected chi connectivity index (χ0v) is 12.6. The van der Waals surface area contributed by atoms with E-state index in [9.17, 15) is 4.79 Å². The fourth-order valence-electron chi connectivity index (χ4n) is 1.69. The highest BCUT2D eigenvalue weighted by molar-refractivity contribution is 7.13. The van der Waals surface area contributed by atoms with E-state index in [1.165, 1.54) is 11.3 Å². The molecule has 0 bridgehead atoms. The zero-order valence-electron chi connectivity index (χ0n) is 10.3. The molecule has 1 fully saturated rings. The topological polar surface area (TPSA) is 52.1 Å². The van der Waals surface area contributed by atoms with Crippen LogP contribution in [0.1, 0.15) is 12.1 Å². The van der Waals surface area contributed by atoms with E-state index in [1.807, 2.05) is 23.6 Å². The van der Waals surface area contributed by atoms with Crippen LogP contribution >= 0.6 is 34.5 Å². The van der Waals surface area contributed by atoms with Gasteiger partial charge in [0.2, 0.25) is 0 Å². The van der Waals surface area contributed by atoms with E-state index in [1.54, 1.807) is 6.20 Å². The number of thiazole rings is 1. The number of hydrogen-bond acceptors (Lipinski definition) is 5. The predicted molar refractivity (Wildman–Crippen MR) is 77.7 cm³/mol. The van der Waals surface area contributed by atoms with E-state index in [0.29, 0.717) is 12.1 Å². The Hall–Kier alpha value is -1.17. The normalized spacial score (nSPS) is 19.6. The van der Waals surface area contributed by atoms with Crippen LogP contribution in [0.25, 0.3) is 10.7 Å². The van der Waals surface area contributed by atoms with Gasteiger partial charge in [-0.1, -0.05) is 6.07 Å². The third-order valence-electron chi connectivity index (χ3n) is 2.91. The maximum atomic E-state index is 11.6. The van der Waals surface area contributed by atoms with Crippen molar-refractivity contribution in [3.63, 3.8) is 0 Å². The van der Waals surface area contributed by atoms with Crippen LogP contribution in [0.3, 0.4) is 0 Å². The Kier molecular flexibility index (Phi) is 3.67. The number of halogens is 2. The lowest BCUT2D eigenvalue weighted by molar-refractivity contribution is -0.146. The lowest BCUT2D eigenvalue weighted by Crippen LogP contribution is -2.10. The molecule has 2 aromatic heterocycles. The summed E-state index contributed by atoms with van der Waals surface area (Å²) in [6, 6.07) is 5.63. The van der Waals surface area contributed by atoms with Crippen LogP contribution in [0.15, 0.2) is 29.8 Å². The fraction of sp³-hybridized carbons (Fsp3) is 0.308. The minimum Gasteiger partial charge on any atom is -0.459 e. The van der Waals surface area contributed by atoms with E-state index < -0.39 is 10.3 Å². The number of esters is 1. The van der Waals surface area contributed by atoms with Gasteiger partial charge in [0.25, 0.3) is 0 Å². The molecule has 104 valence electrons. The highest BCUT2D eigenvalue weighted by atomic mass is 35.5. The van der Waals surface area contributed by atoms with Crippen molar-refractivity contribution in [3.8, 4) is 10.7 Å². The van der Waals surface area contributed by atoms with Crippen molar-refractivity contribution < 1.29 is 9.53 Å². The first-order chi connectivity index (χ1) is 9.56. The first-order valence-corrected chi connectivity index (χ1v) is 7.60. The molecule has 1 unspecified atom stereocenters. The molecule has 1 saturated carbocycles. The molecule has 2 aromatic rings. The third-order valence-corrected chi connectivity index (χ3v) is 4.66. The van der Waals surface area contributed by atoms with Gasteiger partial charge in [0.1, 0.15) is 15.9 Å². The molecule has 0 N–H and O–H groups in total. The van der Waals surface area contributed by atoms with Crippen LogP contribution in [-0.2, 0) is 16.1 Å². The Morgan fingerprint density at radius 2 is 2.30 bits per heavy atom. The van der Waals surface area contributed by atoms with Gasteiger partial charge in [-0.25, -0.2) is 4.98 Å². The zero-order chi connectivity index (χ0) is 14.2. The number of aromatic nitrogens is 2. The monoisotopic (exact) mass is 328 g/mol. The number of ether oxygens (including phenoxy) is 1. The Balaban J connectivity index is 1.60. The maximum absolute atomic E-state index is 11.6. The minimum atomic E-state index is -0.946.